The lowest BCUT2D eigenvalue weighted by atomic mass is 10.1. The number of amides is 1. The molecule has 0 aromatic heterocycles. The first-order chi connectivity index (χ1) is 16.2. The smallest absolute Gasteiger partial charge is 0.255 e. The molecule has 1 amide bonds. The van der Waals surface area contributed by atoms with Crippen molar-refractivity contribution in [3.8, 4) is 17.2 Å². The van der Waals surface area contributed by atoms with E-state index in [9.17, 15) is 4.79 Å². The number of rotatable bonds is 9. The number of carbonyl (C=O) groups is 1. The molecule has 0 unspecified atom stereocenters. The van der Waals surface area contributed by atoms with Crippen LogP contribution in [0.15, 0.2) is 103 Å². The van der Waals surface area contributed by atoms with Gasteiger partial charge in [0.05, 0.1) is 7.11 Å². The van der Waals surface area contributed by atoms with Gasteiger partial charge in [-0.1, -0.05) is 48.5 Å². The van der Waals surface area contributed by atoms with E-state index in [0.29, 0.717) is 30.2 Å². The summed E-state index contributed by atoms with van der Waals surface area (Å²) in [5.74, 6) is 1.95. The van der Waals surface area contributed by atoms with Crippen molar-refractivity contribution in [2.75, 3.05) is 12.4 Å². The molecule has 0 heterocycles. The first-order valence-electron chi connectivity index (χ1n) is 10.6. The van der Waals surface area contributed by atoms with E-state index in [1.54, 1.807) is 25.3 Å². The fraction of sp³-hybridized carbons (Fsp3) is 0.107. The SMILES string of the molecule is COc1ccc(C(=O)Nc2ccc(OCc3ccccc3)cc2)cc1COc1ccccc1. The lowest BCUT2D eigenvalue weighted by Crippen LogP contribution is -2.13. The van der Waals surface area contributed by atoms with Crippen LogP contribution in [0.25, 0.3) is 0 Å². The predicted octanol–water partition coefficient (Wildman–Crippen LogP) is 6.11. The van der Waals surface area contributed by atoms with Crippen molar-refractivity contribution < 1.29 is 19.0 Å². The van der Waals surface area contributed by atoms with Gasteiger partial charge in [0.2, 0.25) is 0 Å². The van der Waals surface area contributed by atoms with Gasteiger partial charge in [0.1, 0.15) is 30.5 Å². The Balaban J connectivity index is 1.38. The van der Waals surface area contributed by atoms with Crippen LogP contribution < -0.4 is 19.5 Å². The average Bonchev–Trinajstić information content (AvgIpc) is 2.88. The second-order valence-corrected chi connectivity index (χ2v) is 7.38. The zero-order valence-electron chi connectivity index (χ0n) is 18.4. The number of hydrogen-bond donors (Lipinski definition) is 1. The summed E-state index contributed by atoms with van der Waals surface area (Å²) in [6.07, 6.45) is 0. The Kier molecular flexibility index (Phi) is 7.23. The molecule has 0 saturated carbocycles. The maximum atomic E-state index is 12.8. The van der Waals surface area contributed by atoms with E-state index in [-0.39, 0.29) is 5.91 Å². The van der Waals surface area contributed by atoms with Crippen LogP contribution in [-0.2, 0) is 13.2 Å². The van der Waals surface area contributed by atoms with E-state index in [1.165, 1.54) is 0 Å². The van der Waals surface area contributed by atoms with Gasteiger partial charge in [0.15, 0.2) is 0 Å². The first kappa shape index (κ1) is 22.0. The Hall–Kier alpha value is -4.25. The third-order valence-corrected chi connectivity index (χ3v) is 5.04. The Bertz CT molecular complexity index is 1180. The summed E-state index contributed by atoms with van der Waals surface area (Å²) >= 11 is 0. The minimum absolute atomic E-state index is 0.212. The molecule has 5 nitrogen and oxygen atoms in total. The van der Waals surface area contributed by atoms with Crippen molar-refractivity contribution in [3.05, 3.63) is 120 Å². The number of para-hydroxylation sites is 1. The van der Waals surface area contributed by atoms with Crippen LogP contribution in [0.2, 0.25) is 0 Å². The highest BCUT2D eigenvalue weighted by molar-refractivity contribution is 6.04. The molecule has 166 valence electrons. The highest BCUT2D eigenvalue weighted by atomic mass is 16.5. The van der Waals surface area contributed by atoms with E-state index in [1.807, 2.05) is 84.9 Å². The number of carbonyl (C=O) groups excluding carboxylic acids is 1. The monoisotopic (exact) mass is 439 g/mol. The molecule has 1 N–H and O–H groups in total. The summed E-state index contributed by atoms with van der Waals surface area (Å²) < 4.78 is 17.1. The normalized spacial score (nSPS) is 10.3. The number of anilines is 1. The fourth-order valence-corrected chi connectivity index (χ4v) is 3.29. The van der Waals surface area contributed by atoms with E-state index >= 15 is 0 Å². The Labute approximate surface area is 193 Å². The number of nitrogens with one attached hydrogen (secondary N) is 1. The van der Waals surface area contributed by atoms with Crippen LogP contribution in [0.4, 0.5) is 5.69 Å². The third kappa shape index (κ3) is 6.14. The van der Waals surface area contributed by atoms with E-state index in [4.69, 9.17) is 14.2 Å². The molecule has 0 atom stereocenters. The van der Waals surface area contributed by atoms with Crippen LogP contribution in [0.3, 0.4) is 0 Å². The van der Waals surface area contributed by atoms with Gasteiger partial charge < -0.3 is 19.5 Å². The molecule has 0 bridgehead atoms. The highest BCUT2D eigenvalue weighted by Gasteiger charge is 2.12. The quantitative estimate of drug-likeness (QED) is 0.342. The number of benzene rings is 4. The van der Waals surface area contributed by atoms with Gasteiger partial charge in [0.25, 0.3) is 5.91 Å². The Morgan fingerprint density at radius 1 is 0.727 bits per heavy atom. The third-order valence-electron chi connectivity index (χ3n) is 5.04. The Morgan fingerprint density at radius 2 is 1.36 bits per heavy atom. The molecule has 0 fully saturated rings. The molecule has 33 heavy (non-hydrogen) atoms. The number of ether oxygens (including phenoxy) is 3. The summed E-state index contributed by atoms with van der Waals surface area (Å²) in [5.41, 5.74) is 3.09. The van der Waals surface area contributed by atoms with Crippen molar-refractivity contribution in [1.82, 2.24) is 0 Å². The molecule has 0 saturated heterocycles. The van der Waals surface area contributed by atoms with Gasteiger partial charge in [-0.25, -0.2) is 0 Å². The van der Waals surface area contributed by atoms with Crippen molar-refractivity contribution in [2.24, 2.45) is 0 Å². The molecule has 0 spiro atoms. The van der Waals surface area contributed by atoms with Gasteiger partial charge >= 0.3 is 0 Å². The predicted molar refractivity (Wildman–Crippen MR) is 129 cm³/mol. The molecule has 4 aromatic carbocycles. The largest absolute Gasteiger partial charge is 0.496 e. The van der Waals surface area contributed by atoms with Gasteiger partial charge in [-0.15, -0.1) is 0 Å². The van der Waals surface area contributed by atoms with Crippen molar-refractivity contribution in [1.29, 1.82) is 0 Å². The summed E-state index contributed by atoms with van der Waals surface area (Å²) in [5, 5.41) is 2.92. The lowest BCUT2D eigenvalue weighted by molar-refractivity contribution is 0.102. The molecule has 5 heteroatoms. The van der Waals surface area contributed by atoms with Crippen LogP contribution in [-0.4, -0.2) is 13.0 Å². The lowest BCUT2D eigenvalue weighted by Gasteiger charge is -2.13. The van der Waals surface area contributed by atoms with Crippen molar-refractivity contribution >= 4 is 11.6 Å². The summed E-state index contributed by atoms with van der Waals surface area (Å²) in [6.45, 7) is 0.786. The van der Waals surface area contributed by atoms with Gasteiger partial charge in [-0.3, -0.25) is 4.79 Å². The maximum absolute atomic E-state index is 12.8. The molecule has 0 aliphatic heterocycles. The van der Waals surface area contributed by atoms with E-state index in [2.05, 4.69) is 5.32 Å². The van der Waals surface area contributed by atoms with Gasteiger partial charge in [-0.05, 0) is 60.2 Å². The minimum atomic E-state index is -0.212. The molecular formula is C28H25NO4. The van der Waals surface area contributed by atoms with Crippen molar-refractivity contribution in [3.63, 3.8) is 0 Å². The zero-order valence-corrected chi connectivity index (χ0v) is 18.4. The zero-order chi connectivity index (χ0) is 22.9. The number of hydrogen-bond acceptors (Lipinski definition) is 4. The highest BCUT2D eigenvalue weighted by Crippen LogP contribution is 2.23. The molecule has 4 rings (SSSR count). The second kappa shape index (κ2) is 10.9. The molecule has 4 aromatic rings. The molecule has 0 radical (unpaired) electrons. The van der Waals surface area contributed by atoms with Crippen LogP contribution >= 0.6 is 0 Å². The maximum Gasteiger partial charge on any atom is 0.255 e. The number of methoxy groups -OCH3 is 1. The van der Waals surface area contributed by atoms with Crippen molar-refractivity contribution in [2.45, 2.75) is 13.2 Å². The second-order valence-electron chi connectivity index (χ2n) is 7.38. The fourth-order valence-electron chi connectivity index (χ4n) is 3.29. The van der Waals surface area contributed by atoms with Crippen LogP contribution in [0.5, 0.6) is 17.2 Å². The first-order valence-corrected chi connectivity index (χ1v) is 10.6. The standard InChI is InChI=1S/C28H25NO4/c1-31-27-17-12-22(18-23(27)20-33-25-10-6-3-7-11-25)28(30)29-24-13-15-26(16-14-24)32-19-21-8-4-2-5-9-21/h2-18H,19-20H2,1H3,(H,29,30). The molecular weight excluding hydrogens is 414 g/mol. The Morgan fingerprint density at radius 3 is 2.06 bits per heavy atom. The topological polar surface area (TPSA) is 56.8 Å². The molecule has 0 aliphatic rings. The summed E-state index contributed by atoms with van der Waals surface area (Å²) in [4.78, 5) is 12.8. The summed E-state index contributed by atoms with van der Waals surface area (Å²) in [6, 6.07) is 32.1. The van der Waals surface area contributed by atoms with Gasteiger partial charge in [-0.2, -0.15) is 0 Å². The molecule has 0 aliphatic carbocycles. The van der Waals surface area contributed by atoms with E-state index in [0.717, 1.165) is 22.6 Å². The van der Waals surface area contributed by atoms with Crippen LogP contribution in [0, 0.1) is 0 Å². The van der Waals surface area contributed by atoms with Gasteiger partial charge in [0, 0.05) is 16.8 Å². The summed E-state index contributed by atoms with van der Waals surface area (Å²) in [7, 11) is 1.60. The minimum Gasteiger partial charge on any atom is -0.496 e. The van der Waals surface area contributed by atoms with E-state index < -0.39 is 0 Å². The van der Waals surface area contributed by atoms with Crippen LogP contribution in [0.1, 0.15) is 21.5 Å². The average molecular weight is 440 g/mol.